The maximum absolute atomic E-state index is 12.5. The van der Waals surface area contributed by atoms with Crippen LogP contribution in [0, 0.1) is 0 Å². The summed E-state index contributed by atoms with van der Waals surface area (Å²) >= 11 is 0. The minimum Gasteiger partial charge on any atom is -0.338 e. The van der Waals surface area contributed by atoms with E-state index < -0.39 is 12.7 Å². The first-order chi connectivity index (χ1) is 10.4. The molecule has 0 saturated carbocycles. The second-order valence-electron chi connectivity index (χ2n) is 5.02. The molecule has 2 heterocycles. The Bertz CT molecular complexity index is 741. The Hall–Kier alpha value is -2.51. The van der Waals surface area contributed by atoms with Gasteiger partial charge in [-0.3, -0.25) is 0 Å². The number of halogens is 3. The molecule has 3 aromatic rings. The first kappa shape index (κ1) is 14.4. The van der Waals surface area contributed by atoms with Gasteiger partial charge in [-0.1, -0.05) is 12.1 Å². The van der Waals surface area contributed by atoms with E-state index in [0.717, 1.165) is 15.6 Å². The lowest BCUT2D eigenvalue weighted by atomic mass is 10.3. The average molecular weight is 309 g/mol. The summed E-state index contributed by atoms with van der Waals surface area (Å²) in [6, 6.07) is 7.53. The van der Waals surface area contributed by atoms with Crippen LogP contribution in [-0.2, 0) is 13.1 Å². The summed E-state index contributed by atoms with van der Waals surface area (Å²) in [4.78, 5) is 13.3. The van der Waals surface area contributed by atoms with Crippen molar-refractivity contribution >= 4 is 17.0 Å². The highest BCUT2D eigenvalue weighted by Gasteiger charge is 2.29. The minimum absolute atomic E-state index is 0.225. The van der Waals surface area contributed by atoms with Gasteiger partial charge in [0.25, 0.3) is 0 Å². The molecule has 2 aromatic heterocycles. The van der Waals surface area contributed by atoms with E-state index in [1.807, 2.05) is 24.3 Å². The number of aromatic nitrogens is 4. The Morgan fingerprint density at radius 2 is 2.05 bits per heavy atom. The maximum Gasteiger partial charge on any atom is 0.406 e. The number of nitrogens with zero attached hydrogens (tertiary/aromatic N) is 4. The van der Waals surface area contributed by atoms with Crippen LogP contribution >= 0.6 is 0 Å². The van der Waals surface area contributed by atoms with Crippen LogP contribution in [0.1, 0.15) is 5.82 Å². The van der Waals surface area contributed by atoms with Crippen LogP contribution in [0.4, 0.5) is 19.1 Å². The summed E-state index contributed by atoms with van der Waals surface area (Å²) in [6.45, 7) is -0.820. The van der Waals surface area contributed by atoms with Crippen molar-refractivity contribution in [2.75, 3.05) is 11.9 Å². The number of imidazole rings is 2. The first-order valence-electron chi connectivity index (χ1n) is 6.65. The van der Waals surface area contributed by atoms with Gasteiger partial charge >= 0.3 is 6.18 Å². The fourth-order valence-corrected chi connectivity index (χ4v) is 2.24. The molecule has 0 bridgehead atoms. The second-order valence-corrected chi connectivity index (χ2v) is 5.02. The smallest absolute Gasteiger partial charge is 0.338 e. The number of anilines is 1. The van der Waals surface area contributed by atoms with Crippen LogP contribution in [-0.4, -0.2) is 32.7 Å². The van der Waals surface area contributed by atoms with Gasteiger partial charge in [-0.25, -0.2) is 9.97 Å². The predicted molar refractivity (Wildman–Crippen MR) is 76.5 cm³/mol. The third kappa shape index (κ3) is 3.05. The fraction of sp³-hybridized carbons (Fsp3) is 0.286. The number of aromatic amines is 1. The van der Waals surface area contributed by atoms with Gasteiger partial charge in [-0.05, 0) is 12.1 Å². The van der Waals surface area contributed by atoms with Gasteiger partial charge in [0.2, 0.25) is 5.95 Å². The molecule has 0 aliphatic heterocycles. The van der Waals surface area contributed by atoms with Gasteiger partial charge in [-0.15, -0.1) is 0 Å². The Balaban J connectivity index is 1.79. The van der Waals surface area contributed by atoms with Gasteiger partial charge in [-0.2, -0.15) is 13.2 Å². The monoisotopic (exact) mass is 309 g/mol. The molecule has 0 fully saturated rings. The Kier molecular flexibility index (Phi) is 3.51. The molecule has 0 aliphatic carbocycles. The standard InChI is InChI=1S/C14H14F3N5/c1-21(13-19-10-4-2-3-5-11(10)20-13)8-12-18-6-7-22(12)9-14(15,16)17/h2-7H,8-9H2,1H3,(H,19,20). The third-order valence-electron chi connectivity index (χ3n) is 3.27. The summed E-state index contributed by atoms with van der Waals surface area (Å²) in [6.07, 6.45) is -1.57. The largest absolute Gasteiger partial charge is 0.406 e. The normalized spacial score (nSPS) is 12.0. The van der Waals surface area contributed by atoms with Crippen molar-refractivity contribution in [3.05, 3.63) is 42.5 Å². The molecule has 1 aromatic carbocycles. The number of hydrogen-bond donors (Lipinski definition) is 1. The maximum atomic E-state index is 12.5. The van der Waals surface area contributed by atoms with Gasteiger partial charge in [0.15, 0.2) is 0 Å². The fourth-order valence-electron chi connectivity index (χ4n) is 2.24. The zero-order chi connectivity index (χ0) is 15.7. The van der Waals surface area contributed by atoms with Crippen molar-refractivity contribution in [2.24, 2.45) is 0 Å². The SMILES string of the molecule is CN(Cc1nccn1CC(F)(F)F)c1nc2ccccc2[nH]1. The number of rotatable bonds is 4. The van der Waals surface area contributed by atoms with E-state index in [4.69, 9.17) is 0 Å². The highest BCUT2D eigenvalue weighted by molar-refractivity contribution is 5.77. The molecule has 0 saturated heterocycles. The summed E-state index contributed by atoms with van der Waals surface area (Å²) in [5.74, 6) is 0.919. The van der Waals surface area contributed by atoms with Crippen molar-refractivity contribution in [3.8, 4) is 0 Å². The van der Waals surface area contributed by atoms with Crippen LogP contribution in [0.5, 0.6) is 0 Å². The molecule has 0 amide bonds. The van der Waals surface area contributed by atoms with Crippen LogP contribution in [0.3, 0.4) is 0 Å². The Morgan fingerprint density at radius 3 is 2.77 bits per heavy atom. The lowest BCUT2D eigenvalue weighted by Gasteiger charge is -2.17. The highest BCUT2D eigenvalue weighted by atomic mass is 19.4. The quantitative estimate of drug-likeness (QED) is 0.806. The number of nitrogens with one attached hydrogen (secondary N) is 1. The molecular formula is C14H14F3N5. The van der Waals surface area contributed by atoms with Crippen LogP contribution in [0.2, 0.25) is 0 Å². The molecule has 22 heavy (non-hydrogen) atoms. The lowest BCUT2D eigenvalue weighted by molar-refractivity contribution is -0.141. The summed E-state index contributed by atoms with van der Waals surface area (Å²) in [5.41, 5.74) is 1.69. The molecule has 0 spiro atoms. The Labute approximate surface area is 124 Å². The number of fused-ring (bicyclic) bond motifs is 1. The van der Waals surface area contributed by atoms with Crippen molar-refractivity contribution in [1.29, 1.82) is 0 Å². The van der Waals surface area contributed by atoms with E-state index in [9.17, 15) is 13.2 Å². The van der Waals surface area contributed by atoms with E-state index in [1.54, 1.807) is 11.9 Å². The molecule has 3 rings (SSSR count). The molecule has 0 atom stereocenters. The molecule has 0 unspecified atom stereocenters. The number of para-hydroxylation sites is 2. The van der Waals surface area contributed by atoms with Crippen molar-refractivity contribution in [2.45, 2.75) is 19.3 Å². The van der Waals surface area contributed by atoms with E-state index in [0.29, 0.717) is 11.8 Å². The third-order valence-corrected chi connectivity index (χ3v) is 3.27. The van der Waals surface area contributed by atoms with Gasteiger partial charge < -0.3 is 14.5 Å². The minimum atomic E-state index is -4.27. The number of alkyl halides is 3. The molecule has 0 radical (unpaired) electrons. The van der Waals surface area contributed by atoms with Gasteiger partial charge in [0, 0.05) is 19.4 Å². The van der Waals surface area contributed by atoms with Crippen LogP contribution < -0.4 is 4.90 Å². The van der Waals surface area contributed by atoms with E-state index in [2.05, 4.69) is 15.0 Å². The summed E-state index contributed by atoms with van der Waals surface area (Å²) in [7, 11) is 1.75. The van der Waals surface area contributed by atoms with Crippen molar-refractivity contribution in [1.82, 2.24) is 19.5 Å². The summed E-state index contributed by atoms with van der Waals surface area (Å²) < 4.78 is 38.7. The van der Waals surface area contributed by atoms with Gasteiger partial charge in [0.05, 0.1) is 17.6 Å². The molecule has 116 valence electrons. The zero-order valence-electron chi connectivity index (χ0n) is 11.8. The summed E-state index contributed by atoms with van der Waals surface area (Å²) in [5, 5.41) is 0. The first-order valence-corrected chi connectivity index (χ1v) is 6.65. The van der Waals surface area contributed by atoms with Gasteiger partial charge in [0.1, 0.15) is 12.4 Å². The second kappa shape index (κ2) is 5.36. The van der Waals surface area contributed by atoms with E-state index in [-0.39, 0.29) is 6.54 Å². The zero-order valence-corrected chi connectivity index (χ0v) is 11.8. The van der Waals surface area contributed by atoms with Crippen molar-refractivity contribution in [3.63, 3.8) is 0 Å². The van der Waals surface area contributed by atoms with Crippen LogP contribution in [0.25, 0.3) is 11.0 Å². The highest BCUT2D eigenvalue weighted by Crippen LogP contribution is 2.20. The lowest BCUT2D eigenvalue weighted by Crippen LogP contribution is -2.24. The molecule has 0 aliphatic rings. The molecule has 8 heteroatoms. The van der Waals surface area contributed by atoms with Crippen molar-refractivity contribution < 1.29 is 13.2 Å². The van der Waals surface area contributed by atoms with E-state index >= 15 is 0 Å². The number of benzene rings is 1. The molecule has 5 nitrogen and oxygen atoms in total. The number of H-pyrrole nitrogens is 1. The topological polar surface area (TPSA) is 49.7 Å². The predicted octanol–water partition coefficient (Wildman–Crippen LogP) is 2.96. The molecular weight excluding hydrogens is 295 g/mol. The van der Waals surface area contributed by atoms with E-state index in [1.165, 1.54) is 12.4 Å². The molecule has 1 N–H and O–H groups in total. The number of hydrogen-bond acceptors (Lipinski definition) is 3. The average Bonchev–Trinajstić information content (AvgIpc) is 3.04. The Morgan fingerprint density at radius 1 is 1.27 bits per heavy atom. The van der Waals surface area contributed by atoms with Crippen LogP contribution in [0.15, 0.2) is 36.7 Å².